The lowest BCUT2D eigenvalue weighted by molar-refractivity contribution is -0.137. The lowest BCUT2D eigenvalue weighted by atomic mass is 10.0. The second-order valence-electron chi connectivity index (χ2n) is 5.60. The maximum absolute atomic E-state index is 11.0. The van der Waals surface area contributed by atoms with Crippen LogP contribution in [0.15, 0.2) is 30.9 Å². The van der Waals surface area contributed by atoms with Crippen LogP contribution in [0, 0.1) is 0 Å². The molecule has 120 valence electrons. The van der Waals surface area contributed by atoms with Crippen LogP contribution in [0.3, 0.4) is 0 Å². The number of unbranched alkanes of at least 4 members (excludes halogenated alkanes) is 1. The van der Waals surface area contributed by atoms with Crippen LogP contribution in [-0.2, 0) is 22.5 Å². The van der Waals surface area contributed by atoms with Crippen molar-refractivity contribution in [2.75, 3.05) is 19.9 Å². The van der Waals surface area contributed by atoms with Gasteiger partial charge in [0, 0.05) is 24.7 Å². The summed E-state index contributed by atoms with van der Waals surface area (Å²) in [5.41, 5.74) is 2.63. The molecule has 4 heteroatoms. The van der Waals surface area contributed by atoms with E-state index in [1.165, 1.54) is 30.0 Å². The summed E-state index contributed by atoms with van der Waals surface area (Å²) in [5, 5.41) is 0. The summed E-state index contributed by atoms with van der Waals surface area (Å²) < 4.78 is 10.8. The molecule has 4 nitrogen and oxygen atoms in total. The minimum absolute atomic E-state index is 0.360. The van der Waals surface area contributed by atoms with Crippen molar-refractivity contribution in [3.05, 3.63) is 42.0 Å². The van der Waals surface area contributed by atoms with Crippen LogP contribution in [-0.4, -0.2) is 30.8 Å². The maximum atomic E-state index is 11.0. The molecule has 2 rings (SSSR count). The van der Waals surface area contributed by atoms with Gasteiger partial charge in [-0.3, -0.25) is 4.90 Å². The first-order valence-electron chi connectivity index (χ1n) is 7.99. The highest BCUT2D eigenvalue weighted by atomic mass is 16.5. The van der Waals surface area contributed by atoms with Crippen molar-refractivity contribution < 1.29 is 14.3 Å². The van der Waals surface area contributed by atoms with Crippen LogP contribution < -0.4 is 4.74 Å². The van der Waals surface area contributed by atoms with Gasteiger partial charge >= 0.3 is 5.97 Å². The number of rotatable bonds is 8. The van der Waals surface area contributed by atoms with E-state index in [4.69, 9.17) is 9.47 Å². The molecule has 1 aliphatic rings. The lowest BCUT2D eigenvalue weighted by Crippen LogP contribution is -2.33. The third-order valence-electron chi connectivity index (χ3n) is 3.77. The second kappa shape index (κ2) is 8.59. The molecule has 1 aliphatic heterocycles. The molecule has 22 heavy (non-hydrogen) atoms. The van der Waals surface area contributed by atoms with E-state index in [9.17, 15) is 4.79 Å². The van der Waals surface area contributed by atoms with Gasteiger partial charge < -0.3 is 9.47 Å². The lowest BCUT2D eigenvalue weighted by Gasteiger charge is -2.29. The van der Waals surface area contributed by atoms with E-state index in [1.54, 1.807) is 0 Å². The highest BCUT2D eigenvalue weighted by molar-refractivity contribution is 5.81. The van der Waals surface area contributed by atoms with Gasteiger partial charge in [0.15, 0.2) is 0 Å². The third kappa shape index (κ3) is 4.88. The van der Waals surface area contributed by atoms with Gasteiger partial charge in [-0.2, -0.15) is 0 Å². The summed E-state index contributed by atoms with van der Waals surface area (Å²) >= 11 is 0. The highest BCUT2D eigenvalue weighted by Gasteiger charge is 2.17. The van der Waals surface area contributed by atoms with Crippen molar-refractivity contribution in [2.24, 2.45) is 0 Å². The first kappa shape index (κ1) is 16.6. The molecule has 0 saturated heterocycles. The van der Waals surface area contributed by atoms with Crippen molar-refractivity contribution in [1.82, 2.24) is 4.90 Å². The zero-order valence-electron chi connectivity index (χ0n) is 13.3. The van der Waals surface area contributed by atoms with Gasteiger partial charge in [-0.05, 0) is 30.9 Å². The van der Waals surface area contributed by atoms with E-state index >= 15 is 0 Å². The van der Waals surface area contributed by atoms with Gasteiger partial charge in [0.05, 0.1) is 6.61 Å². The predicted octanol–water partition coefficient (Wildman–Crippen LogP) is 3.30. The molecule has 0 amide bonds. The van der Waals surface area contributed by atoms with E-state index in [2.05, 4.69) is 36.6 Å². The first-order valence-corrected chi connectivity index (χ1v) is 7.99. The SMILES string of the molecule is C=CC(=O)OCCCN1COc2ccc(CCCC)cc2C1. The molecule has 0 spiro atoms. The van der Waals surface area contributed by atoms with Gasteiger partial charge in [0.2, 0.25) is 0 Å². The average molecular weight is 303 g/mol. The molecule has 0 radical (unpaired) electrons. The number of carbonyl (C=O) groups is 1. The highest BCUT2D eigenvalue weighted by Crippen LogP contribution is 2.26. The number of carbonyl (C=O) groups excluding carboxylic acids is 1. The zero-order chi connectivity index (χ0) is 15.8. The number of hydrogen-bond donors (Lipinski definition) is 0. The van der Waals surface area contributed by atoms with E-state index in [0.29, 0.717) is 13.3 Å². The van der Waals surface area contributed by atoms with Gasteiger partial charge in [0.25, 0.3) is 0 Å². The Morgan fingerprint density at radius 2 is 2.32 bits per heavy atom. The minimum atomic E-state index is -0.360. The minimum Gasteiger partial charge on any atom is -0.478 e. The molecule has 0 N–H and O–H groups in total. The fourth-order valence-electron chi connectivity index (χ4n) is 2.54. The van der Waals surface area contributed by atoms with E-state index in [0.717, 1.165) is 31.7 Å². The Bertz CT molecular complexity index is 513. The first-order chi connectivity index (χ1) is 10.7. The molecule has 1 heterocycles. The van der Waals surface area contributed by atoms with Crippen LogP contribution in [0.1, 0.15) is 37.3 Å². The Balaban J connectivity index is 1.82. The number of nitrogens with zero attached hydrogens (tertiary/aromatic N) is 1. The van der Waals surface area contributed by atoms with Crippen molar-refractivity contribution in [3.8, 4) is 5.75 Å². The van der Waals surface area contributed by atoms with E-state index in [-0.39, 0.29) is 5.97 Å². The molecule has 1 aromatic carbocycles. The van der Waals surface area contributed by atoms with Gasteiger partial charge in [-0.25, -0.2) is 4.79 Å². The second-order valence-corrected chi connectivity index (χ2v) is 5.60. The summed E-state index contributed by atoms with van der Waals surface area (Å²) in [6, 6.07) is 6.51. The standard InChI is InChI=1S/C18H25NO3/c1-3-5-7-15-8-9-17-16(12-15)13-19(14-22-17)10-6-11-21-18(20)4-2/h4,8-9,12H,2-3,5-7,10-11,13-14H2,1H3. The Hall–Kier alpha value is -1.81. The quantitative estimate of drug-likeness (QED) is 0.419. The number of fused-ring (bicyclic) bond motifs is 1. The van der Waals surface area contributed by atoms with Crippen molar-refractivity contribution >= 4 is 5.97 Å². The monoisotopic (exact) mass is 303 g/mol. The van der Waals surface area contributed by atoms with Crippen LogP contribution >= 0.6 is 0 Å². The Morgan fingerprint density at radius 1 is 1.45 bits per heavy atom. The fraction of sp³-hybridized carbons (Fsp3) is 0.500. The number of esters is 1. The summed E-state index contributed by atoms with van der Waals surface area (Å²) in [5.74, 6) is 0.635. The van der Waals surface area contributed by atoms with Crippen LogP contribution in [0.5, 0.6) is 5.75 Å². The van der Waals surface area contributed by atoms with Crippen LogP contribution in [0.2, 0.25) is 0 Å². The van der Waals surface area contributed by atoms with Gasteiger partial charge in [-0.1, -0.05) is 32.1 Å². The van der Waals surface area contributed by atoms with E-state index in [1.807, 2.05) is 0 Å². The van der Waals surface area contributed by atoms with Gasteiger partial charge in [0.1, 0.15) is 12.5 Å². The Kier molecular flexibility index (Phi) is 6.46. The summed E-state index contributed by atoms with van der Waals surface area (Å²) in [6.45, 7) is 8.35. The van der Waals surface area contributed by atoms with E-state index < -0.39 is 0 Å². The van der Waals surface area contributed by atoms with Crippen molar-refractivity contribution in [3.63, 3.8) is 0 Å². The molecular formula is C18H25NO3. The summed E-state index contributed by atoms with van der Waals surface area (Å²) in [6.07, 6.45) is 5.55. The maximum Gasteiger partial charge on any atom is 0.330 e. The number of aryl methyl sites for hydroxylation is 1. The largest absolute Gasteiger partial charge is 0.478 e. The molecule has 0 aliphatic carbocycles. The molecule has 1 aromatic rings. The number of ether oxygens (including phenoxy) is 2. The van der Waals surface area contributed by atoms with Crippen molar-refractivity contribution in [2.45, 2.75) is 39.2 Å². The Morgan fingerprint density at radius 3 is 3.09 bits per heavy atom. The molecule has 0 unspecified atom stereocenters. The third-order valence-corrected chi connectivity index (χ3v) is 3.77. The zero-order valence-corrected chi connectivity index (χ0v) is 13.3. The summed E-state index contributed by atoms with van der Waals surface area (Å²) in [7, 11) is 0. The normalized spacial score (nSPS) is 14.0. The van der Waals surface area contributed by atoms with Crippen LogP contribution in [0.4, 0.5) is 0 Å². The topological polar surface area (TPSA) is 38.8 Å². The fourth-order valence-corrected chi connectivity index (χ4v) is 2.54. The van der Waals surface area contributed by atoms with Crippen molar-refractivity contribution in [1.29, 1.82) is 0 Å². The van der Waals surface area contributed by atoms with Crippen LogP contribution in [0.25, 0.3) is 0 Å². The molecule has 0 saturated carbocycles. The smallest absolute Gasteiger partial charge is 0.330 e. The Labute approximate surface area is 132 Å². The predicted molar refractivity (Wildman–Crippen MR) is 86.7 cm³/mol. The average Bonchev–Trinajstić information content (AvgIpc) is 2.56. The number of benzene rings is 1. The molecule has 0 aromatic heterocycles. The molecular weight excluding hydrogens is 278 g/mol. The molecule has 0 bridgehead atoms. The summed E-state index contributed by atoms with van der Waals surface area (Å²) in [4.78, 5) is 13.2. The molecule has 0 atom stereocenters. The number of hydrogen-bond acceptors (Lipinski definition) is 4. The molecule has 0 fully saturated rings. The van der Waals surface area contributed by atoms with Gasteiger partial charge in [-0.15, -0.1) is 0 Å².